The highest BCUT2D eigenvalue weighted by atomic mass is 35.5. The number of amides is 1. The summed E-state index contributed by atoms with van der Waals surface area (Å²) in [6.07, 6.45) is 3.11. The fourth-order valence-corrected chi connectivity index (χ4v) is 2.60. The highest BCUT2D eigenvalue weighted by molar-refractivity contribution is 5.85. The SMILES string of the molecule is CCC(CC)c1cc(CNC(=O)CCc2ccccc2N)on1.Cl. The highest BCUT2D eigenvalue weighted by Crippen LogP contribution is 2.22. The average molecular weight is 352 g/mol. The lowest BCUT2D eigenvalue weighted by Crippen LogP contribution is -2.22. The van der Waals surface area contributed by atoms with Crippen molar-refractivity contribution in [1.29, 1.82) is 0 Å². The lowest BCUT2D eigenvalue weighted by Gasteiger charge is -2.06. The van der Waals surface area contributed by atoms with Crippen LogP contribution in [0.3, 0.4) is 0 Å². The van der Waals surface area contributed by atoms with Gasteiger partial charge in [0.05, 0.1) is 12.2 Å². The number of hydrogen-bond donors (Lipinski definition) is 2. The van der Waals surface area contributed by atoms with Gasteiger partial charge in [0.1, 0.15) is 0 Å². The molecule has 2 rings (SSSR count). The molecular weight excluding hydrogens is 326 g/mol. The van der Waals surface area contributed by atoms with Crippen LogP contribution in [0.5, 0.6) is 0 Å². The van der Waals surface area contributed by atoms with Gasteiger partial charge in [-0.3, -0.25) is 4.79 Å². The second kappa shape index (κ2) is 9.98. The average Bonchev–Trinajstić information content (AvgIpc) is 3.02. The number of anilines is 1. The Kier molecular flexibility index (Phi) is 8.33. The molecule has 24 heavy (non-hydrogen) atoms. The number of halogens is 1. The van der Waals surface area contributed by atoms with E-state index in [0.29, 0.717) is 31.1 Å². The van der Waals surface area contributed by atoms with Crippen molar-refractivity contribution in [2.24, 2.45) is 0 Å². The summed E-state index contributed by atoms with van der Waals surface area (Å²) in [5.74, 6) is 1.09. The van der Waals surface area contributed by atoms with Gasteiger partial charge in [-0.05, 0) is 30.9 Å². The molecule has 132 valence electrons. The van der Waals surface area contributed by atoms with Crippen molar-refractivity contribution in [2.45, 2.75) is 52.0 Å². The van der Waals surface area contributed by atoms with Crippen LogP contribution in [0.1, 0.15) is 56.0 Å². The summed E-state index contributed by atoms with van der Waals surface area (Å²) >= 11 is 0. The molecule has 0 aliphatic rings. The number of hydrogen-bond acceptors (Lipinski definition) is 4. The zero-order valence-corrected chi connectivity index (χ0v) is 15.1. The standard InChI is InChI=1S/C18H25N3O2.ClH/c1-3-13(4-2)17-11-15(23-21-17)12-20-18(22)10-9-14-7-5-6-8-16(14)19;/h5-8,11,13H,3-4,9-10,12,19H2,1-2H3,(H,20,22);1H. The van der Waals surface area contributed by atoms with Crippen molar-refractivity contribution in [3.05, 3.63) is 47.3 Å². The number of nitrogens with two attached hydrogens (primary N) is 1. The van der Waals surface area contributed by atoms with Gasteiger partial charge in [-0.1, -0.05) is 37.2 Å². The number of rotatable bonds is 8. The van der Waals surface area contributed by atoms with E-state index >= 15 is 0 Å². The van der Waals surface area contributed by atoms with E-state index in [0.717, 1.165) is 29.8 Å². The summed E-state index contributed by atoms with van der Waals surface area (Å²) in [4.78, 5) is 11.9. The molecule has 0 bridgehead atoms. The lowest BCUT2D eigenvalue weighted by molar-refractivity contribution is -0.121. The number of benzene rings is 1. The number of aryl methyl sites for hydroxylation is 1. The van der Waals surface area contributed by atoms with E-state index in [4.69, 9.17) is 10.3 Å². The summed E-state index contributed by atoms with van der Waals surface area (Å²) in [5.41, 5.74) is 8.57. The van der Waals surface area contributed by atoms with Crippen LogP contribution in [0.4, 0.5) is 5.69 Å². The van der Waals surface area contributed by atoms with E-state index in [1.807, 2.05) is 30.3 Å². The van der Waals surface area contributed by atoms with E-state index in [1.54, 1.807) is 0 Å². The number of aromatic nitrogens is 1. The van der Waals surface area contributed by atoms with Crippen LogP contribution < -0.4 is 11.1 Å². The molecule has 3 N–H and O–H groups in total. The summed E-state index contributed by atoms with van der Waals surface area (Å²) in [6.45, 7) is 4.65. The van der Waals surface area contributed by atoms with Crippen LogP contribution in [0.15, 0.2) is 34.9 Å². The van der Waals surface area contributed by atoms with E-state index in [-0.39, 0.29) is 18.3 Å². The fourth-order valence-electron chi connectivity index (χ4n) is 2.60. The normalized spacial score (nSPS) is 10.5. The van der Waals surface area contributed by atoms with Crippen LogP contribution in [0.25, 0.3) is 0 Å². The first-order valence-electron chi connectivity index (χ1n) is 8.19. The molecule has 1 heterocycles. The molecule has 0 fully saturated rings. The number of nitrogens with zero attached hydrogens (tertiary/aromatic N) is 1. The van der Waals surface area contributed by atoms with Crippen molar-refractivity contribution < 1.29 is 9.32 Å². The molecule has 0 aliphatic heterocycles. The Hall–Kier alpha value is -2.01. The lowest BCUT2D eigenvalue weighted by atomic mass is 9.99. The van der Waals surface area contributed by atoms with Crippen molar-refractivity contribution in [2.75, 3.05) is 5.73 Å². The van der Waals surface area contributed by atoms with E-state index in [1.165, 1.54) is 0 Å². The number of nitrogens with one attached hydrogen (secondary N) is 1. The number of carbonyl (C=O) groups is 1. The van der Waals surface area contributed by atoms with Gasteiger partial charge in [0.15, 0.2) is 5.76 Å². The zero-order valence-electron chi connectivity index (χ0n) is 14.2. The van der Waals surface area contributed by atoms with Gasteiger partial charge in [0, 0.05) is 24.1 Å². The maximum absolute atomic E-state index is 11.9. The molecule has 0 atom stereocenters. The molecule has 0 unspecified atom stereocenters. The first-order chi connectivity index (χ1) is 11.1. The van der Waals surface area contributed by atoms with E-state index < -0.39 is 0 Å². The Morgan fingerprint density at radius 1 is 1.29 bits per heavy atom. The summed E-state index contributed by atoms with van der Waals surface area (Å²) < 4.78 is 5.30. The highest BCUT2D eigenvalue weighted by Gasteiger charge is 2.13. The topological polar surface area (TPSA) is 81.2 Å². The van der Waals surface area contributed by atoms with Crippen LogP contribution in [0.2, 0.25) is 0 Å². The second-order valence-corrected chi connectivity index (χ2v) is 5.71. The minimum Gasteiger partial charge on any atom is -0.399 e. The Bertz CT molecular complexity index is 639. The van der Waals surface area contributed by atoms with Gasteiger partial charge < -0.3 is 15.6 Å². The van der Waals surface area contributed by atoms with Crippen molar-refractivity contribution in [3.8, 4) is 0 Å². The second-order valence-electron chi connectivity index (χ2n) is 5.71. The Labute approximate surface area is 149 Å². The molecule has 0 radical (unpaired) electrons. The van der Waals surface area contributed by atoms with Crippen molar-refractivity contribution in [3.63, 3.8) is 0 Å². The number of para-hydroxylation sites is 1. The molecule has 1 amide bonds. The summed E-state index contributed by atoms with van der Waals surface area (Å²) in [5, 5.41) is 6.96. The molecule has 0 aliphatic carbocycles. The van der Waals surface area contributed by atoms with Crippen LogP contribution in [0, 0.1) is 0 Å². The molecule has 5 nitrogen and oxygen atoms in total. The van der Waals surface area contributed by atoms with Gasteiger partial charge in [0.25, 0.3) is 0 Å². The van der Waals surface area contributed by atoms with E-state index in [2.05, 4.69) is 24.3 Å². The predicted molar refractivity (Wildman–Crippen MR) is 98.1 cm³/mol. The smallest absolute Gasteiger partial charge is 0.220 e. The molecular formula is C18H26ClN3O2. The molecule has 0 spiro atoms. The third-order valence-corrected chi connectivity index (χ3v) is 4.12. The third kappa shape index (κ3) is 5.57. The fraction of sp³-hybridized carbons (Fsp3) is 0.444. The van der Waals surface area contributed by atoms with Gasteiger partial charge >= 0.3 is 0 Å². The van der Waals surface area contributed by atoms with Crippen molar-refractivity contribution in [1.82, 2.24) is 10.5 Å². The minimum absolute atomic E-state index is 0. The molecule has 6 heteroatoms. The van der Waals surface area contributed by atoms with Crippen LogP contribution >= 0.6 is 12.4 Å². The first kappa shape index (κ1) is 20.0. The number of nitrogen functional groups attached to an aromatic ring is 1. The molecule has 0 saturated heterocycles. The quantitative estimate of drug-likeness (QED) is 0.708. The zero-order chi connectivity index (χ0) is 16.7. The maximum Gasteiger partial charge on any atom is 0.220 e. The van der Waals surface area contributed by atoms with Gasteiger partial charge in [-0.15, -0.1) is 12.4 Å². The first-order valence-corrected chi connectivity index (χ1v) is 8.19. The van der Waals surface area contributed by atoms with Crippen LogP contribution in [-0.2, 0) is 17.8 Å². The Morgan fingerprint density at radius 3 is 2.67 bits per heavy atom. The molecule has 1 aromatic heterocycles. The largest absolute Gasteiger partial charge is 0.399 e. The van der Waals surface area contributed by atoms with Gasteiger partial charge in [-0.2, -0.15) is 0 Å². The third-order valence-electron chi connectivity index (χ3n) is 4.12. The van der Waals surface area contributed by atoms with Crippen LogP contribution in [-0.4, -0.2) is 11.1 Å². The summed E-state index contributed by atoms with van der Waals surface area (Å²) in [7, 11) is 0. The predicted octanol–water partition coefficient (Wildman–Crippen LogP) is 3.83. The molecule has 0 saturated carbocycles. The van der Waals surface area contributed by atoms with Gasteiger partial charge in [0.2, 0.25) is 5.91 Å². The van der Waals surface area contributed by atoms with Crippen molar-refractivity contribution >= 4 is 24.0 Å². The Balaban J connectivity index is 0.00000288. The number of carbonyl (C=O) groups excluding carboxylic acids is 1. The molecule has 1 aromatic carbocycles. The molecule has 2 aromatic rings. The minimum atomic E-state index is -0.0197. The van der Waals surface area contributed by atoms with E-state index in [9.17, 15) is 4.79 Å². The monoisotopic (exact) mass is 351 g/mol. The van der Waals surface area contributed by atoms with Gasteiger partial charge in [-0.25, -0.2) is 0 Å². The summed E-state index contributed by atoms with van der Waals surface area (Å²) in [6, 6.07) is 9.55. The maximum atomic E-state index is 11.9. The Morgan fingerprint density at radius 2 is 2.00 bits per heavy atom.